The van der Waals surface area contributed by atoms with E-state index in [9.17, 15) is 9.59 Å². The van der Waals surface area contributed by atoms with Gasteiger partial charge in [-0.25, -0.2) is 4.79 Å². The Labute approximate surface area is 359 Å². The molecule has 6 N–H and O–H groups in total. The lowest BCUT2D eigenvalue weighted by Gasteiger charge is -2.27. The molecule has 4 heterocycles. The number of aliphatic carboxylic acids is 1. The highest BCUT2D eigenvalue weighted by molar-refractivity contribution is 6.92. The fraction of sp³-hybridized carbons (Fsp3) is 0.842. The van der Waals surface area contributed by atoms with E-state index < -0.39 is 5.97 Å². The van der Waals surface area contributed by atoms with Crippen molar-refractivity contribution in [1.29, 1.82) is 0 Å². The first kappa shape index (κ1) is 94.8. The fourth-order valence-electron chi connectivity index (χ4n) is 4.77. The van der Waals surface area contributed by atoms with Crippen LogP contribution in [0.1, 0.15) is 152 Å². The van der Waals surface area contributed by atoms with Crippen LogP contribution in [0.2, 0.25) is 0 Å². The lowest BCUT2D eigenvalue weighted by Crippen LogP contribution is -2.36. The number of aromatic nitrogens is 2. The molecule has 18 heteroatoms. The van der Waals surface area contributed by atoms with Gasteiger partial charge in [-0.2, -0.15) is 34.7 Å². The monoisotopic (exact) mass is 876 g/mol. The summed E-state index contributed by atoms with van der Waals surface area (Å²) in [5.41, 5.74) is 10.1. The van der Waals surface area contributed by atoms with E-state index >= 15 is 0 Å². The van der Waals surface area contributed by atoms with Gasteiger partial charge in [-0.15, -0.1) is 0 Å². The first-order valence-electron chi connectivity index (χ1n) is 14.4. The van der Waals surface area contributed by atoms with E-state index in [2.05, 4.69) is 47.0 Å². The zero-order valence-electron chi connectivity index (χ0n) is 28.2. The molecule has 3 aliphatic heterocycles. The zero-order chi connectivity index (χ0) is 31.7. The Balaban J connectivity index is -0.0000000334. The summed E-state index contributed by atoms with van der Waals surface area (Å²) < 4.78 is 5.16. The maximum absolute atomic E-state index is 11.4. The summed E-state index contributed by atoms with van der Waals surface area (Å²) in [5.74, 6) is 1.34. The summed E-state index contributed by atoms with van der Waals surface area (Å²) in [6.07, 6.45) is 6.17. The molecule has 3 saturated heterocycles. The predicted molar refractivity (Wildman–Crippen MR) is 266 cm³/mol. The normalized spacial score (nSPS) is 18.1. The molecule has 15 nitrogen and oxygen atoms in total. The van der Waals surface area contributed by atoms with E-state index in [0.717, 1.165) is 70.1 Å². The van der Waals surface area contributed by atoms with Gasteiger partial charge in [-0.3, -0.25) is 4.79 Å². The number of likely N-dealkylation sites (tertiary alicyclic amines) is 3. The van der Waals surface area contributed by atoms with Crippen molar-refractivity contribution in [3.05, 3.63) is 11.7 Å². The van der Waals surface area contributed by atoms with Crippen LogP contribution in [0.4, 0.5) is 0 Å². The molecule has 4 rings (SSSR count). The Kier molecular flexibility index (Phi) is 89.7. The highest BCUT2D eigenvalue weighted by atomic mass is 31.0. The van der Waals surface area contributed by atoms with Crippen LogP contribution in [0, 0.1) is 18.8 Å². The van der Waals surface area contributed by atoms with E-state index in [-0.39, 0.29) is 141 Å². The summed E-state index contributed by atoms with van der Waals surface area (Å²) in [4.78, 5) is 37.4. The molecule has 6 unspecified atom stereocenters. The summed E-state index contributed by atoms with van der Waals surface area (Å²) in [6.45, 7) is 10.7. The van der Waals surface area contributed by atoms with Gasteiger partial charge in [0.2, 0.25) is 5.89 Å². The minimum Gasteiger partial charge on any atom is -0.481 e. The van der Waals surface area contributed by atoms with Gasteiger partial charge in [0, 0.05) is 19.6 Å². The first-order chi connectivity index (χ1) is 19.8. The zero-order valence-corrected chi connectivity index (χ0v) is 32.4. The maximum atomic E-state index is 11.4. The van der Waals surface area contributed by atoms with Gasteiger partial charge in [-0.1, -0.05) is 97.2 Å². The van der Waals surface area contributed by atoms with Crippen molar-refractivity contribution in [2.45, 2.75) is 147 Å². The maximum Gasteiger partial charge on any atom is 0.339 e. The average molecular weight is 876 g/mol. The van der Waals surface area contributed by atoms with Crippen LogP contribution in [0.5, 0.6) is 0 Å². The van der Waals surface area contributed by atoms with Crippen LogP contribution in [0.25, 0.3) is 0 Å². The van der Waals surface area contributed by atoms with E-state index in [1.807, 2.05) is 21.0 Å². The molecule has 6 atom stereocenters. The summed E-state index contributed by atoms with van der Waals surface area (Å²) in [7, 11) is 6.10. The van der Waals surface area contributed by atoms with Crippen LogP contribution in [-0.2, 0) is 14.4 Å². The van der Waals surface area contributed by atoms with Crippen molar-refractivity contribution in [2.75, 3.05) is 60.4 Å². The molecule has 0 spiro atoms. The van der Waals surface area contributed by atoms with Gasteiger partial charge >= 0.3 is 11.9 Å². The molecule has 3 aliphatic rings. The Morgan fingerprint density at radius 2 is 1.09 bits per heavy atom. The molecule has 0 radical (unpaired) electrons. The molecule has 56 heavy (non-hydrogen) atoms. The number of nitrogens with zero attached hydrogens (tertiary/aromatic N) is 7. The second-order valence-electron chi connectivity index (χ2n) is 11.2. The van der Waals surface area contributed by atoms with Crippen LogP contribution < -0.4 is 11.5 Å². The SMILES string of the molecule is C.C.C.C.C.C.C.C.C.C.C.C/C(N)=N\OC(=O)C1CCCN(C)C1.CC(N)=NO.CN1CCCC(C(=O)O)C1.Cc1noc(C2CCCN(C)C2)n1.P.P.P. The molecule has 3 fully saturated rings. The number of hydrogen-bond donors (Lipinski definition) is 4. The van der Waals surface area contributed by atoms with Crippen molar-refractivity contribution in [3.63, 3.8) is 0 Å². The Hall–Kier alpha value is -2.01. The number of nitrogens with two attached hydrogens (primary N) is 2. The molecule has 352 valence electrons. The Morgan fingerprint density at radius 3 is 1.39 bits per heavy atom. The van der Waals surface area contributed by atoms with Crippen molar-refractivity contribution in [2.24, 2.45) is 33.6 Å². The molecular formula is C38H104N9O6P3. The number of piperidine rings is 3. The minimum absolute atomic E-state index is 0. The molecule has 0 aromatic carbocycles. The third kappa shape index (κ3) is 43.1. The number of likely N-dealkylation sites (N-methyl/N-ethyl adjacent to an activating group) is 1. The lowest BCUT2D eigenvalue weighted by molar-refractivity contribution is -0.150. The molecule has 0 bridgehead atoms. The van der Waals surface area contributed by atoms with E-state index in [4.69, 9.17) is 26.3 Å². The lowest BCUT2D eigenvalue weighted by atomic mass is 9.99. The summed E-state index contributed by atoms with van der Waals surface area (Å²) in [6, 6.07) is 0. The van der Waals surface area contributed by atoms with Gasteiger partial charge in [0.1, 0.15) is 11.7 Å². The predicted octanol–water partition coefficient (Wildman–Crippen LogP) is 8.69. The summed E-state index contributed by atoms with van der Waals surface area (Å²) in [5, 5.41) is 26.1. The number of carboxylic acids is 1. The molecule has 1 aromatic heterocycles. The van der Waals surface area contributed by atoms with Gasteiger partial charge in [0.05, 0.1) is 17.8 Å². The smallest absolute Gasteiger partial charge is 0.339 e. The Morgan fingerprint density at radius 1 is 0.714 bits per heavy atom. The molecule has 0 aliphatic carbocycles. The second-order valence-corrected chi connectivity index (χ2v) is 11.2. The van der Waals surface area contributed by atoms with Gasteiger partial charge in [0.25, 0.3) is 0 Å². The van der Waals surface area contributed by atoms with E-state index in [1.54, 1.807) is 6.92 Å². The minimum atomic E-state index is -0.647. The largest absolute Gasteiger partial charge is 0.481 e. The van der Waals surface area contributed by atoms with Crippen LogP contribution in [0.15, 0.2) is 14.8 Å². The topological polar surface area (TPSA) is 209 Å². The fourth-order valence-corrected chi connectivity index (χ4v) is 4.77. The molecule has 1 aromatic rings. The van der Waals surface area contributed by atoms with Crippen LogP contribution >= 0.6 is 29.7 Å². The number of carbonyl (C=O) groups is 2. The number of rotatable bonds is 4. The second kappa shape index (κ2) is 53.0. The van der Waals surface area contributed by atoms with Gasteiger partial charge < -0.3 is 45.8 Å². The van der Waals surface area contributed by atoms with E-state index in [0.29, 0.717) is 5.92 Å². The number of aryl methyl sites for hydroxylation is 1. The Bertz CT molecular complexity index is 1020. The number of carbonyl (C=O) groups excluding carboxylic acids is 1. The van der Waals surface area contributed by atoms with Crippen molar-refractivity contribution in [3.8, 4) is 0 Å². The van der Waals surface area contributed by atoms with Crippen molar-refractivity contribution >= 4 is 53.3 Å². The van der Waals surface area contributed by atoms with Crippen molar-refractivity contribution < 1.29 is 29.3 Å². The standard InChI is InChI=1S/C9H17N3O2.C9H15N3O.C7H13NO2.C2H6N2O.11CH4.3H3P/c1-7(10)11-14-9(13)8-4-3-5-12(2)6-8;1-7-10-9(13-11-7)8-4-3-5-12(2)6-8;1-8-4-2-3-6(5-8)7(9)10;1-2(3)4-5;;;;;;;;;;;;;;/h8H,3-6H2,1-2H3,(H2,10,11);8H,3-6H2,1-2H3;6H,2-5H2,1H3,(H,9,10);5H,1H3,(H2,3,4);11*1H4;3*1H3. The molecular weight excluding hydrogens is 771 g/mol. The van der Waals surface area contributed by atoms with E-state index in [1.165, 1.54) is 26.3 Å². The van der Waals surface area contributed by atoms with Gasteiger partial charge in [0.15, 0.2) is 5.82 Å². The van der Waals surface area contributed by atoms with Crippen LogP contribution in [-0.4, -0.2) is 119 Å². The first-order valence-corrected chi connectivity index (χ1v) is 14.4. The third-order valence-electron chi connectivity index (χ3n) is 6.89. The van der Waals surface area contributed by atoms with Crippen LogP contribution in [0.3, 0.4) is 0 Å². The number of hydrogen-bond acceptors (Lipinski definition) is 12. The number of amidine groups is 2. The summed E-state index contributed by atoms with van der Waals surface area (Å²) >= 11 is 0. The number of oxime groups is 2. The third-order valence-corrected chi connectivity index (χ3v) is 6.89. The molecule has 0 amide bonds. The quantitative estimate of drug-likeness (QED) is 0.0558. The average Bonchev–Trinajstić information content (AvgIpc) is 3.39. The molecule has 0 saturated carbocycles. The number of carboxylic acid groups (broad SMARTS) is 1. The highest BCUT2D eigenvalue weighted by Gasteiger charge is 2.26. The van der Waals surface area contributed by atoms with Gasteiger partial charge in [-0.05, 0) is 100 Å². The highest BCUT2D eigenvalue weighted by Crippen LogP contribution is 2.24. The van der Waals surface area contributed by atoms with Crippen molar-refractivity contribution in [1.82, 2.24) is 24.8 Å².